The van der Waals surface area contributed by atoms with Gasteiger partial charge in [-0.2, -0.15) is 4.31 Å². The fourth-order valence-electron chi connectivity index (χ4n) is 1.17. The summed E-state index contributed by atoms with van der Waals surface area (Å²) in [6.07, 6.45) is 1.17. The molecule has 1 heterocycles. The van der Waals surface area contributed by atoms with Crippen molar-refractivity contribution >= 4 is 15.9 Å². The Labute approximate surface area is 84.5 Å². The van der Waals surface area contributed by atoms with Crippen molar-refractivity contribution in [2.24, 2.45) is 5.92 Å². The normalized spacial score (nSPS) is 19.4. The van der Waals surface area contributed by atoms with Gasteiger partial charge in [-0.25, -0.2) is 8.42 Å². The van der Waals surface area contributed by atoms with Crippen LogP contribution >= 0.6 is 0 Å². The van der Waals surface area contributed by atoms with Crippen LogP contribution in [0.3, 0.4) is 0 Å². The highest BCUT2D eigenvalue weighted by atomic mass is 32.2. The first kappa shape index (κ1) is 11.5. The lowest BCUT2D eigenvalue weighted by Gasteiger charge is -2.37. The number of rotatable bonds is 3. The lowest BCUT2D eigenvalue weighted by Crippen LogP contribution is -2.61. The fraction of sp³-hybridized carbons (Fsp3) is 0.875. The van der Waals surface area contributed by atoms with Crippen LogP contribution in [0.25, 0.3) is 0 Å². The molecule has 1 saturated heterocycles. The van der Waals surface area contributed by atoms with Gasteiger partial charge in [0.1, 0.15) is 0 Å². The molecule has 82 valence electrons. The number of amides is 1. The first-order valence-corrected chi connectivity index (χ1v) is 6.41. The third-order valence-electron chi connectivity index (χ3n) is 2.19. The standard InChI is InChI=1S/C8H16N2O3S/c1-6(2)8(11)9-7-4-10(5-7)14(3,12)13/h6-7H,4-5H2,1-3H3,(H,9,11). The zero-order valence-electron chi connectivity index (χ0n) is 8.65. The zero-order valence-corrected chi connectivity index (χ0v) is 9.47. The van der Waals surface area contributed by atoms with Crippen LogP contribution in [0.4, 0.5) is 0 Å². The zero-order chi connectivity index (χ0) is 10.9. The van der Waals surface area contributed by atoms with Gasteiger partial charge in [-0.05, 0) is 0 Å². The van der Waals surface area contributed by atoms with E-state index >= 15 is 0 Å². The van der Waals surface area contributed by atoms with Crippen LogP contribution in [0.5, 0.6) is 0 Å². The van der Waals surface area contributed by atoms with E-state index < -0.39 is 10.0 Å². The molecule has 1 amide bonds. The number of carbonyl (C=O) groups excluding carboxylic acids is 1. The lowest BCUT2D eigenvalue weighted by molar-refractivity contribution is -0.125. The van der Waals surface area contributed by atoms with E-state index in [2.05, 4.69) is 5.32 Å². The minimum atomic E-state index is -3.07. The molecule has 0 aromatic rings. The molecular weight excluding hydrogens is 204 g/mol. The highest BCUT2D eigenvalue weighted by Gasteiger charge is 2.34. The SMILES string of the molecule is CC(C)C(=O)NC1CN(S(C)(=O)=O)C1. The summed E-state index contributed by atoms with van der Waals surface area (Å²) < 4.78 is 23.3. The largest absolute Gasteiger partial charge is 0.350 e. The second-order valence-electron chi connectivity index (χ2n) is 3.94. The summed E-state index contributed by atoms with van der Waals surface area (Å²) in [7, 11) is -3.07. The quantitative estimate of drug-likeness (QED) is 0.691. The van der Waals surface area contributed by atoms with Crippen LogP contribution in [0.2, 0.25) is 0 Å². The van der Waals surface area contributed by atoms with E-state index in [4.69, 9.17) is 0 Å². The number of carbonyl (C=O) groups is 1. The number of hydrogen-bond donors (Lipinski definition) is 1. The summed E-state index contributed by atoms with van der Waals surface area (Å²) in [4.78, 5) is 11.2. The van der Waals surface area contributed by atoms with Crippen LogP contribution in [-0.2, 0) is 14.8 Å². The monoisotopic (exact) mass is 220 g/mol. The maximum Gasteiger partial charge on any atom is 0.222 e. The predicted octanol–water partition coefficient (Wildman–Crippen LogP) is -0.598. The van der Waals surface area contributed by atoms with Gasteiger partial charge in [0.05, 0.1) is 12.3 Å². The van der Waals surface area contributed by atoms with Gasteiger partial charge < -0.3 is 5.32 Å². The molecule has 0 atom stereocenters. The predicted molar refractivity (Wildman–Crippen MR) is 53.2 cm³/mol. The molecule has 0 aromatic heterocycles. The Morgan fingerprint density at radius 3 is 2.29 bits per heavy atom. The van der Waals surface area contributed by atoms with E-state index in [1.807, 2.05) is 13.8 Å². The van der Waals surface area contributed by atoms with Crippen molar-refractivity contribution in [3.8, 4) is 0 Å². The summed E-state index contributed by atoms with van der Waals surface area (Å²) in [6.45, 7) is 4.42. The Balaban J connectivity index is 2.33. The van der Waals surface area contributed by atoms with Crippen molar-refractivity contribution in [1.82, 2.24) is 9.62 Å². The van der Waals surface area contributed by atoms with E-state index in [9.17, 15) is 13.2 Å². The van der Waals surface area contributed by atoms with Crippen molar-refractivity contribution in [2.75, 3.05) is 19.3 Å². The first-order valence-electron chi connectivity index (χ1n) is 4.56. The topological polar surface area (TPSA) is 66.5 Å². The fourth-order valence-corrected chi connectivity index (χ4v) is 2.07. The first-order chi connectivity index (χ1) is 6.30. The van der Waals surface area contributed by atoms with Crippen LogP contribution in [0.1, 0.15) is 13.8 Å². The highest BCUT2D eigenvalue weighted by molar-refractivity contribution is 7.88. The second-order valence-corrected chi connectivity index (χ2v) is 5.92. The maximum absolute atomic E-state index is 11.2. The van der Waals surface area contributed by atoms with Gasteiger partial charge in [0.15, 0.2) is 0 Å². The molecule has 1 fully saturated rings. The van der Waals surface area contributed by atoms with Crippen LogP contribution in [0.15, 0.2) is 0 Å². The van der Waals surface area contributed by atoms with E-state index in [0.717, 1.165) is 0 Å². The minimum Gasteiger partial charge on any atom is -0.350 e. The van der Waals surface area contributed by atoms with Gasteiger partial charge in [0.2, 0.25) is 15.9 Å². The van der Waals surface area contributed by atoms with E-state index in [0.29, 0.717) is 13.1 Å². The Hall–Kier alpha value is -0.620. The average molecular weight is 220 g/mol. The number of sulfonamides is 1. The molecule has 0 saturated carbocycles. The Kier molecular flexibility index (Phi) is 3.16. The van der Waals surface area contributed by atoms with Gasteiger partial charge in [-0.3, -0.25) is 4.79 Å². The van der Waals surface area contributed by atoms with Gasteiger partial charge >= 0.3 is 0 Å². The van der Waals surface area contributed by atoms with Crippen LogP contribution < -0.4 is 5.32 Å². The Morgan fingerprint density at radius 2 is 1.93 bits per heavy atom. The number of nitrogens with zero attached hydrogens (tertiary/aromatic N) is 1. The molecule has 5 nitrogen and oxygen atoms in total. The van der Waals surface area contributed by atoms with Gasteiger partial charge in [0, 0.05) is 19.0 Å². The summed E-state index contributed by atoms with van der Waals surface area (Å²) in [5, 5.41) is 2.77. The Morgan fingerprint density at radius 1 is 1.43 bits per heavy atom. The molecule has 0 bridgehead atoms. The molecule has 1 N–H and O–H groups in total. The van der Waals surface area contributed by atoms with Crippen molar-refractivity contribution in [3.05, 3.63) is 0 Å². The van der Waals surface area contributed by atoms with E-state index in [-0.39, 0.29) is 17.9 Å². The van der Waals surface area contributed by atoms with Crippen LogP contribution in [-0.4, -0.2) is 44.0 Å². The van der Waals surface area contributed by atoms with Crippen LogP contribution in [0, 0.1) is 5.92 Å². The molecule has 14 heavy (non-hydrogen) atoms. The van der Waals surface area contributed by atoms with Gasteiger partial charge in [-0.15, -0.1) is 0 Å². The van der Waals surface area contributed by atoms with Gasteiger partial charge in [0.25, 0.3) is 0 Å². The molecule has 1 rings (SSSR count). The third kappa shape index (κ3) is 2.68. The molecule has 1 aliphatic rings. The summed E-state index contributed by atoms with van der Waals surface area (Å²) in [6, 6.07) is -0.0142. The summed E-state index contributed by atoms with van der Waals surface area (Å²) in [5.41, 5.74) is 0. The molecule has 0 aliphatic carbocycles. The van der Waals surface area contributed by atoms with Crippen molar-refractivity contribution in [1.29, 1.82) is 0 Å². The maximum atomic E-state index is 11.2. The minimum absolute atomic E-state index is 0.0142. The number of nitrogens with one attached hydrogen (secondary N) is 1. The molecule has 0 aromatic carbocycles. The van der Waals surface area contributed by atoms with Crippen molar-refractivity contribution in [2.45, 2.75) is 19.9 Å². The summed E-state index contributed by atoms with van der Waals surface area (Å²) in [5.74, 6) is -0.0783. The third-order valence-corrected chi connectivity index (χ3v) is 3.42. The highest BCUT2D eigenvalue weighted by Crippen LogP contribution is 2.12. The second kappa shape index (κ2) is 3.86. The van der Waals surface area contributed by atoms with Crippen molar-refractivity contribution < 1.29 is 13.2 Å². The van der Waals surface area contributed by atoms with Gasteiger partial charge in [-0.1, -0.05) is 13.8 Å². The molecule has 0 unspecified atom stereocenters. The average Bonchev–Trinajstić information content (AvgIpc) is 1.92. The smallest absolute Gasteiger partial charge is 0.222 e. The molecule has 1 aliphatic heterocycles. The summed E-state index contributed by atoms with van der Waals surface area (Å²) >= 11 is 0. The number of hydrogen-bond acceptors (Lipinski definition) is 3. The Bertz CT molecular complexity index is 317. The van der Waals surface area contributed by atoms with E-state index in [1.54, 1.807) is 0 Å². The molecule has 6 heteroatoms. The molecular formula is C8H16N2O3S. The van der Waals surface area contributed by atoms with E-state index in [1.165, 1.54) is 10.6 Å². The lowest BCUT2D eigenvalue weighted by atomic mass is 10.1. The molecule has 0 radical (unpaired) electrons. The molecule has 0 spiro atoms. The van der Waals surface area contributed by atoms with Crippen molar-refractivity contribution in [3.63, 3.8) is 0 Å².